The number of hydrogen-bond acceptors (Lipinski definition) is 7. The van der Waals surface area contributed by atoms with Gasteiger partial charge in [-0.1, -0.05) is 30.3 Å². The van der Waals surface area contributed by atoms with Crippen molar-refractivity contribution in [2.24, 2.45) is 0 Å². The molecule has 32 heavy (non-hydrogen) atoms. The first kappa shape index (κ1) is 21.5. The Morgan fingerprint density at radius 2 is 1.81 bits per heavy atom. The lowest BCUT2D eigenvalue weighted by molar-refractivity contribution is -0.139. The average molecular weight is 452 g/mol. The molecule has 2 heterocycles. The Morgan fingerprint density at radius 1 is 1.09 bits per heavy atom. The van der Waals surface area contributed by atoms with Crippen molar-refractivity contribution in [3.63, 3.8) is 0 Å². The molecule has 4 rings (SSSR count). The molecule has 4 aromatic rings. The molecule has 0 saturated carbocycles. The van der Waals surface area contributed by atoms with Gasteiger partial charge in [0.1, 0.15) is 12.4 Å². The summed E-state index contributed by atoms with van der Waals surface area (Å²) < 4.78 is 33.0. The van der Waals surface area contributed by atoms with Gasteiger partial charge >= 0.3 is 5.97 Å². The monoisotopic (exact) mass is 451 g/mol. The summed E-state index contributed by atoms with van der Waals surface area (Å²) in [7, 11) is -2.64. The van der Waals surface area contributed by atoms with Crippen LogP contribution in [0.15, 0.2) is 71.8 Å². The van der Waals surface area contributed by atoms with Gasteiger partial charge in [0, 0.05) is 22.9 Å². The number of ether oxygens (including phenoxy) is 1. The minimum atomic E-state index is -3.84. The third kappa shape index (κ3) is 4.46. The Hall–Kier alpha value is -3.76. The Morgan fingerprint density at radius 3 is 2.50 bits per heavy atom. The zero-order valence-electron chi connectivity index (χ0n) is 17.4. The highest BCUT2D eigenvalue weighted by Crippen LogP contribution is 2.26. The SMILES string of the molecule is COC(=O)CNS(=O)(=O)c1ccc(Nc2cc(-c3ccccc3)nc3c(C)cnn23)cc1. The predicted molar refractivity (Wildman–Crippen MR) is 120 cm³/mol. The number of fused-ring (bicyclic) bond motifs is 1. The van der Waals surface area contributed by atoms with Crippen molar-refractivity contribution in [1.82, 2.24) is 19.3 Å². The third-order valence-electron chi connectivity index (χ3n) is 4.79. The summed E-state index contributed by atoms with van der Waals surface area (Å²) in [5.74, 6) is 0.0127. The number of hydrogen-bond donors (Lipinski definition) is 2. The van der Waals surface area contributed by atoms with Crippen LogP contribution in [0.3, 0.4) is 0 Å². The van der Waals surface area contributed by atoms with Crippen LogP contribution in [0.2, 0.25) is 0 Å². The molecule has 9 nitrogen and oxygen atoms in total. The Balaban J connectivity index is 1.63. The number of aromatic nitrogens is 3. The maximum Gasteiger partial charge on any atom is 0.320 e. The Kier molecular flexibility index (Phi) is 5.89. The fraction of sp³-hybridized carbons (Fsp3) is 0.136. The van der Waals surface area contributed by atoms with Crippen LogP contribution < -0.4 is 10.0 Å². The molecule has 0 aliphatic heterocycles. The molecule has 0 unspecified atom stereocenters. The summed E-state index contributed by atoms with van der Waals surface area (Å²) in [5, 5.41) is 7.68. The van der Waals surface area contributed by atoms with Gasteiger partial charge < -0.3 is 10.1 Å². The first-order valence-electron chi connectivity index (χ1n) is 9.72. The van der Waals surface area contributed by atoms with E-state index in [1.807, 2.05) is 43.3 Å². The first-order valence-corrected chi connectivity index (χ1v) is 11.2. The second kappa shape index (κ2) is 8.77. The summed E-state index contributed by atoms with van der Waals surface area (Å²) in [5.41, 5.74) is 4.08. The molecule has 0 spiro atoms. The second-order valence-electron chi connectivity index (χ2n) is 7.01. The number of carbonyl (C=O) groups is 1. The highest BCUT2D eigenvalue weighted by molar-refractivity contribution is 7.89. The van der Waals surface area contributed by atoms with E-state index in [1.54, 1.807) is 22.8 Å². The number of methoxy groups -OCH3 is 1. The largest absolute Gasteiger partial charge is 0.468 e. The van der Waals surface area contributed by atoms with E-state index < -0.39 is 22.5 Å². The van der Waals surface area contributed by atoms with Crippen molar-refractivity contribution in [1.29, 1.82) is 0 Å². The molecular formula is C22H21N5O4S. The van der Waals surface area contributed by atoms with Crippen LogP contribution in [0, 0.1) is 6.92 Å². The van der Waals surface area contributed by atoms with Gasteiger partial charge in [-0.15, -0.1) is 0 Å². The van der Waals surface area contributed by atoms with Gasteiger partial charge in [-0.3, -0.25) is 4.79 Å². The van der Waals surface area contributed by atoms with Crippen molar-refractivity contribution in [2.45, 2.75) is 11.8 Å². The van der Waals surface area contributed by atoms with E-state index in [2.05, 4.69) is 19.9 Å². The zero-order valence-corrected chi connectivity index (χ0v) is 18.3. The lowest BCUT2D eigenvalue weighted by Gasteiger charge is -2.12. The summed E-state index contributed by atoms with van der Waals surface area (Å²) >= 11 is 0. The van der Waals surface area contributed by atoms with Crippen LogP contribution in [0.1, 0.15) is 5.56 Å². The van der Waals surface area contributed by atoms with Crippen LogP contribution in [0.4, 0.5) is 11.5 Å². The van der Waals surface area contributed by atoms with Gasteiger partial charge in [0.2, 0.25) is 10.0 Å². The molecule has 2 N–H and O–H groups in total. The maximum absolute atomic E-state index is 12.3. The molecule has 0 fully saturated rings. The highest BCUT2D eigenvalue weighted by Gasteiger charge is 2.16. The van der Waals surface area contributed by atoms with Gasteiger partial charge in [0.25, 0.3) is 0 Å². The van der Waals surface area contributed by atoms with Crippen molar-refractivity contribution in [3.05, 3.63) is 72.4 Å². The Bertz CT molecular complexity index is 1370. The van der Waals surface area contributed by atoms with Crippen molar-refractivity contribution >= 4 is 33.1 Å². The molecule has 0 bridgehead atoms. The van der Waals surface area contributed by atoms with Crippen LogP contribution in [0.25, 0.3) is 16.9 Å². The standard InChI is InChI=1S/C22H21N5O4S/c1-15-13-23-27-20(12-19(26-22(15)27)16-6-4-3-5-7-16)25-17-8-10-18(11-9-17)32(29,30)24-14-21(28)31-2/h3-13,24-25H,14H2,1-2H3. The number of carbonyl (C=O) groups excluding carboxylic acids is 1. The molecular weight excluding hydrogens is 430 g/mol. The van der Waals surface area contributed by atoms with Crippen LogP contribution in [-0.4, -0.2) is 42.6 Å². The number of anilines is 2. The van der Waals surface area contributed by atoms with Crippen molar-refractivity contribution < 1.29 is 17.9 Å². The maximum atomic E-state index is 12.3. The van der Waals surface area contributed by atoms with Crippen LogP contribution >= 0.6 is 0 Å². The second-order valence-corrected chi connectivity index (χ2v) is 8.77. The van der Waals surface area contributed by atoms with Crippen molar-refractivity contribution in [3.8, 4) is 11.3 Å². The first-order chi connectivity index (χ1) is 15.4. The molecule has 0 radical (unpaired) electrons. The summed E-state index contributed by atoms with van der Waals surface area (Å²) in [6.07, 6.45) is 1.74. The van der Waals surface area contributed by atoms with E-state index in [-0.39, 0.29) is 4.90 Å². The van der Waals surface area contributed by atoms with Gasteiger partial charge in [0.15, 0.2) is 5.65 Å². The lowest BCUT2D eigenvalue weighted by Crippen LogP contribution is -2.30. The topological polar surface area (TPSA) is 115 Å². The van der Waals surface area contributed by atoms with E-state index in [4.69, 9.17) is 4.98 Å². The van der Waals surface area contributed by atoms with Gasteiger partial charge in [0.05, 0.1) is 23.9 Å². The number of rotatable bonds is 7. The molecule has 2 aromatic heterocycles. The summed E-state index contributed by atoms with van der Waals surface area (Å²) in [6, 6.07) is 17.9. The number of esters is 1. The van der Waals surface area contributed by atoms with Gasteiger partial charge in [-0.25, -0.2) is 13.4 Å². The summed E-state index contributed by atoms with van der Waals surface area (Å²) in [4.78, 5) is 16.0. The molecule has 0 atom stereocenters. The number of sulfonamides is 1. The van der Waals surface area contributed by atoms with Gasteiger partial charge in [-0.05, 0) is 31.2 Å². The van der Waals surface area contributed by atoms with E-state index in [0.29, 0.717) is 11.5 Å². The predicted octanol–water partition coefficient (Wildman–Crippen LogP) is 2.90. The molecule has 10 heteroatoms. The van der Waals surface area contributed by atoms with Crippen LogP contribution in [0.5, 0.6) is 0 Å². The minimum absolute atomic E-state index is 0.0340. The lowest BCUT2D eigenvalue weighted by atomic mass is 10.1. The zero-order chi connectivity index (χ0) is 22.7. The van der Waals surface area contributed by atoms with E-state index >= 15 is 0 Å². The van der Waals surface area contributed by atoms with Crippen molar-refractivity contribution in [2.75, 3.05) is 19.0 Å². The Labute approximate surface area is 185 Å². The minimum Gasteiger partial charge on any atom is -0.468 e. The summed E-state index contributed by atoms with van der Waals surface area (Å²) in [6.45, 7) is 1.50. The average Bonchev–Trinajstić information content (AvgIpc) is 3.19. The quantitative estimate of drug-likeness (QED) is 0.415. The van der Waals surface area contributed by atoms with Gasteiger partial charge in [-0.2, -0.15) is 14.3 Å². The normalized spacial score (nSPS) is 11.4. The number of nitrogens with zero attached hydrogens (tertiary/aromatic N) is 3. The third-order valence-corrected chi connectivity index (χ3v) is 6.21. The fourth-order valence-electron chi connectivity index (χ4n) is 3.09. The van der Waals surface area contributed by atoms with Crippen LogP contribution in [-0.2, 0) is 19.6 Å². The molecule has 0 aliphatic rings. The molecule has 0 saturated heterocycles. The molecule has 0 amide bonds. The molecule has 164 valence electrons. The number of benzene rings is 2. The molecule has 0 aliphatic carbocycles. The molecule has 2 aromatic carbocycles. The highest BCUT2D eigenvalue weighted by atomic mass is 32.2. The van der Waals surface area contributed by atoms with E-state index in [0.717, 1.165) is 22.5 Å². The van der Waals surface area contributed by atoms with E-state index in [1.165, 1.54) is 19.2 Å². The number of aryl methyl sites for hydroxylation is 1. The fourth-order valence-corrected chi connectivity index (χ4v) is 4.06. The number of nitrogens with one attached hydrogen (secondary N) is 2. The van der Waals surface area contributed by atoms with E-state index in [9.17, 15) is 13.2 Å². The smallest absolute Gasteiger partial charge is 0.320 e.